The molecule has 0 spiro atoms. The highest BCUT2D eigenvalue weighted by molar-refractivity contribution is 8.01. The average molecular weight is 273 g/mol. The van der Waals surface area contributed by atoms with Gasteiger partial charge in [-0.1, -0.05) is 43.7 Å². The van der Waals surface area contributed by atoms with Gasteiger partial charge in [0.1, 0.15) is 0 Å². The van der Waals surface area contributed by atoms with Crippen molar-refractivity contribution in [2.75, 3.05) is 4.72 Å². The molecule has 0 aliphatic heterocycles. The molecule has 3 aliphatic carbocycles. The van der Waals surface area contributed by atoms with E-state index in [-0.39, 0.29) is 0 Å². The van der Waals surface area contributed by atoms with Gasteiger partial charge in [0.15, 0.2) is 0 Å². The molecule has 0 aromatic heterocycles. The fourth-order valence-corrected chi connectivity index (χ4v) is 4.62. The van der Waals surface area contributed by atoms with Crippen LogP contribution < -0.4 is 4.72 Å². The maximum absolute atomic E-state index is 4.38. The second-order valence-corrected chi connectivity index (χ2v) is 7.70. The molecule has 1 N–H and O–H groups in total. The van der Waals surface area contributed by atoms with Crippen LogP contribution in [0.1, 0.15) is 32.3 Å². The Morgan fingerprint density at radius 1 is 1.21 bits per heavy atom. The Balaban J connectivity index is 1.60. The lowest BCUT2D eigenvalue weighted by molar-refractivity contribution is -0.0249. The molecular weight excluding hydrogens is 250 g/mol. The summed E-state index contributed by atoms with van der Waals surface area (Å²) in [5.41, 5.74) is 4.46. The Labute approximate surface area is 121 Å². The third kappa shape index (κ3) is 2.20. The van der Waals surface area contributed by atoms with Gasteiger partial charge in [0, 0.05) is 10.9 Å². The molecular formula is C17H23NS. The van der Waals surface area contributed by atoms with Gasteiger partial charge >= 0.3 is 0 Å². The Morgan fingerprint density at radius 2 is 1.89 bits per heavy atom. The summed E-state index contributed by atoms with van der Waals surface area (Å²) in [7, 11) is 0. The van der Waals surface area contributed by atoms with Crippen LogP contribution in [0.3, 0.4) is 0 Å². The van der Waals surface area contributed by atoms with Crippen LogP contribution in [0.5, 0.6) is 0 Å². The van der Waals surface area contributed by atoms with E-state index in [9.17, 15) is 0 Å². The van der Waals surface area contributed by atoms with Crippen LogP contribution >= 0.6 is 11.9 Å². The minimum atomic E-state index is 0.498. The highest BCUT2D eigenvalue weighted by atomic mass is 32.2. The Bertz CT molecular complexity index is 488. The molecule has 0 radical (unpaired) electrons. The SMILES string of the molecule is C=C1C(SNc2ccc(C)cc2)C[C@@H]2C[C@H]1C2(C)C. The molecule has 102 valence electrons. The van der Waals surface area contributed by atoms with Crippen molar-refractivity contribution in [1.29, 1.82) is 0 Å². The third-order valence-electron chi connectivity index (χ3n) is 5.20. The van der Waals surface area contributed by atoms with Crippen LogP contribution in [0.4, 0.5) is 5.69 Å². The minimum Gasteiger partial charge on any atom is -0.329 e. The largest absolute Gasteiger partial charge is 0.329 e. The lowest BCUT2D eigenvalue weighted by atomic mass is 9.47. The maximum atomic E-state index is 4.38. The van der Waals surface area contributed by atoms with Gasteiger partial charge in [-0.3, -0.25) is 0 Å². The minimum absolute atomic E-state index is 0.498. The molecule has 3 saturated carbocycles. The molecule has 3 fully saturated rings. The number of rotatable bonds is 3. The number of fused-ring (bicyclic) bond motifs is 2. The van der Waals surface area contributed by atoms with E-state index < -0.39 is 0 Å². The zero-order chi connectivity index (χ0) is 13.6. The molecule has 2 bridgehead atoms. The van der Waals surface area contributed by atoms with Crippen molar-refractivity contribution in [1.82, 2.24) is 0 Å². The first-order valence-corrected chi connectivity index (χ1v) is 8.03. The molecule has 4 rings (SSSR count). The van der Waals surface area contributed by atoms with E-state index in [1.165, 1.54) is 29.7 Å². The Kier molecular flexibility index (Phi) is 3.17. The summed E-state index contributed by atoms with van der Waals surface area (Å²) in [5.74, 6) is 1.63. The van der Waals surface area contributed by atoms with Gasteiger partial charge < -0.3 is 4.72 Å². The average Bonchev–Trinajstić information content (AvgIpc) is 2.38. The summed E-state index contributed by atoms with van der Waals surface area (Å²) in [5, 5.41) is 0.582. The van der Waals surface area contributed by atoms with Gasteiger partial charge in [-0.05, 0) is 61.1 Å². The van der Waals surface area contributed by atoms with Crippen LogP contribution in [-0.2, 0) is 0 Å². The van der Waals surface area contributed by atoms with Crippen molar-refractivity contribution in [3.05, 3.63) is 42.0 Å². The van der Waals surface area contributed by atoms with Gasteiger partial charge in [-0.2, -0.15) is 0 Å². The molecule has 1 nitrogen and oxygen atoms in total. The van der Waals surface area contributed by atoms with Crippen molar-refractivity contribution in [3.63, 3.8) is 0 Å². The van der Waals surface area contributed by atoms with Crippen molar-refractivity contribution < 1.29 is 0 Å². The van der Waals surface area contributed by atoms with E-state index in [1.54, 1.807) is 0 Å². The number of hydrogen-bond acceptors (Lipinski definition) is 2. The van der Waals surface area contributed by atoms with Gasteiger partial charge in [-0.25, -0.2) is 0 Å². The molecule has 0 heterocycles. The van der Waals surface area contributed by atoms with E-state index in [4.69, 9.17) is 0 Å². The normalized spacial score (nSPS) is 31.7. The molecule has 0 amide bonds. The topological polar surface area (TPSA) is 12.0 Å². The van der Waals surface area contributed by atoms with E-state index in [0.717, 1.165) is 11.8 Å². The maximum Gasteiger partial charge on any atom is 0.0458 e. The highest BCUT2D eigenvalue weighted by Gasteiger charge is 2.54. The number of aryl methyl sites for hydroxylation is 1. The fourth-order valence-electron chi connectivity index (χ4n) is 3.56. The summed E-state index contributed by atoms with van der Waals surface area (Å²) in [6.07, 6.45) is 2.65. The van der Waals surface area contributed by atoms with Crippen molar-refractivity contribution in [2.24, 2.45) is 17.3 Å². The summed E-state index contributed by atoms with van der Waals surface area (Å²) < 4.78 is 3.50. The lowest BCUT2D eigenvalue weighted by Crippen LogP contribution is -2.52. The zero-order valence-corrected chi connectivity index (χ0v) is 12.9. The molecule has 19 heavy (non-hydrogen) atoms. The van der Waals surface area contributed by atoms with E-state index in [0.29, 0.717) is 10.7 Å². The van der Waals surface area contributed by atoms with Crippen molar-refractivity contribution in [2.45, 2.75) is 38.9 Å². The first-order valence-electron chi connectivity index (χ1n) is 7.15. The third-order valence-corrected chi connectivity index (χ3v) is 6.33. The van der Waals surface area contributed by atoms with E-state index in [2.05, 4.69) is 56.3 Å². The highest BCUT2D eigenvalue weighted by Crippen LogP contribution is 2.62. The first-order chi connectivity index (χ1) is 8.98. The molecule has 1 aromatic carbocycles. The summed E-state index contributed by atoms with van der Waals surface area (Å²) in [6.45, 7) is 11.3. The van der Waals surface area contributed by atoms with E-state index >= 15 is 0 Å². The van der Waals surface area contributed by atoms with Gasteiger partial charge in [0.05, 0.1) is 0 Å². The number of nitrogens with one attached hydrogen (secondary N) is 1. The number of benzene rings is 1. The van der Waals surface area contributed by atoms with Crippen molar-refractivity contribution >= 4 is 17.6 Å². The second-order valence-electron chi connectivity index (χ2n) is 6.69. The van der Waals surface area contributed by atoms with Crippen LogP contribution in [0, 0.1) is 24.2 Å². The standard InChI is InChI=1S/C17H23NS/c1-11-5-7-14(8-6-11)18-19-16-10-13-9-15(12(16)2)17(13,3)4/h5-8,13,15-16,18H,2,9-10H2,1,3-4H3/t13-,15+,16?/m0/s1. The Morgan fingerprint density at radius 3 is 2.47 bits per heavy atom. The number of hydrogen-bond donors (Lipinski definition) is 1. The monoisotopic (exact) mass is 273 g/mol. The summed E-state index contributed by atoms with van der Waals surface area (Å²) in [6, 6.07) is 8.61. The van der Waals surface area contributed by atoms with Gasteiger partial charge in [-0.15, -0.1) is 0 Å². The molecule has 0 saturated heterocycles. The first kappa shape index (κ1) is 13.1. The molecule has 3 atom stereocenters. The fraction of sp³-hybridized carbons (Fsp3) is 0.529. The predicted octanol–water partition coefficient (Wildman–Crippen LogP) is 5.05. The predicted molar refractivity (Wildman–Crippen MR) is 85.3 cm³/mol. The van der Waals surface area contributed by atoms with Crippen LogP contribution in [0.25, 0.3) is 0 Å². The smallest absolute Gasteiger partial charge is 0.0458 e. The lowest BCUT2D eigenvalue weighted by Gasteiger charge is -2.59. The molecule has 1 unspecified atom stereocenters. The quantitative estimate of drug-likeness (QED) is 0.611. The summed E-state index contributed by atoms with van der Waals surface area (Å²) in [4.78, 5) is 0. The van der Waals surface area contributed by atoms with Gasteiger partial charge in [0.25, 0.3) is 0 Å². The van der Waals surface area contributed by atoms with Gasteiger partial charge in [0.2, 0.25) is 0 Å². The molecule has 1 aromatic rings. The van der Waals surface area contributed by atoms with Crippen LogP contribution in [-0.4, -0.2) is 5.25 Å². The summed E-state index contributed by atoms with van der Waals surface area (Å²) >= 11 is 1.85. The zero-order valence-electron chi connectivity index (χ0n) is 12.1. The van der Waals surface area contributed by atoms with Crippen LogP contribution in [0.2, 0.25) is 0 Å². The number of anilines is 1. The Hall–Kier alpha value is -0.890. The van der Waals surface area contributed by atoms with Crippen LogP contribution in [0.15, 0.2) is 36.4 Å². The second kappa shape index (κ2) is 4.59. The van der Waals surface area contributed by atoms with E-state index in [1.807, 2.05) is 11.9 Å². The van der Waals surface area contributed by atoms with Crippen molar-refractivity contribution in [3.8, 4) is 0 Å². The molecule has 2 heteroatoms. The molecule has 3 aliphatic rings.